The second-order valence-electron chi connectivity index (χ2n) is 5.32. The average Bonchev–Trinajstić information content (AvgIpc) is 2.56. The van der Waals surface area contributed by atoms with Crippen molar-refractivity contribution in [1.29, 1.82) is 0 Å². The molecule has 1 amide bonds. The summed E-state index contributed by atoms with van der Waals surface area (Å²) >= 11 is 0. The Labute approximate surface area is 111 Å². The number of rotatable bonds is 2. The third kappa shape index (κ3) is 3.12. The third-order valence-electron chi connectivity index (χ3n) is 3.34. The number of hydrogen-bond acceptors (Lipinski definition) is 3. The summed E-state index contributed by atoms with van der Waals surface area (Å²) in [5, 5.41) is 2.73. The molecule has 1 unspecified atom stereocenters. The lowest BCUT2D eigenvalue weighted by Gasteiger charge is -2.24. The van der Waals surface area contributed by atoms with Gasteiger partial charge in [0.05, 0.1) is 17.0 Å². The number of carbonyl (C=O) groups is 1. The number of nitrogens with one attached hydrogen (secondary N) is 1. The van der Waals surface area contributed by atoms with Gasteiger partial charge in [0.2, 0.25) is 0 Å². The van der Waals surface area contributed by atoms with E-state index >= 15 is 0 Å². The van der Waals surface area contributed by atoms with Crippen LogP contribution in [0.15, 0.2) is 18.2 Å². The first-order valence-corrected chi connectivity index (χ1v) is 7.82. The maximum atomic E-state index is 13.1. The van der Waals surface area contributed by atoms with E-state index in [0.717, 1.165) is 0 Å². The van der Waals surface area contributed by atoms with Crippen molar-refractivity contribution in [3.63, 3.8) is 0 Å². The minimum Gasteiger partial charge on any atom is -0.346 e. The largest absolute Gasteiger partial charge is 0.346 e. The molecule has 19 heavy (non-hydrogen) atoms. The quantitative estimate of drug-likeness (QED) is 0.894. The molecule has 2 rings (SSSR count). The monoisotopic (exact) mass is 285 g/mol. The number of benzene rings is 1. The minimum absolute atomic E-state index is 0.0497. The van der Waals surface area contributed by atoms with E-state index in [9.17, 15) is 17.6 Å². The summed E-state index contributed by atoms with van der Waals surface area (Å²) in [6.45, 7) is 3.29. The first-order chi connectivity index (χ1) is 8.71. The second-order valence-corrected chi connectivity index (χ2v) is 7.50. The van der Waals surface area contributed by atoms with Gasteiger partial charge in [-0.15, -0.1) is 0 Å². The predicted molar refractivity (Wildman–Crippen MR) is 70.3 cm³/mol. The molecule has 1 aromatic carbocycles. The van der Waals surface area contributed by atoms with Crippen LogP contribution in [0.1, 0.15) is 29.3 Å². The van der Waals surface area contributed by atoms with Gasteiger partial charge in [0.15, 0.2) is 9.84 Å². The fourth-order valence-corrected chi connectivity index (χ4v) is 4.33. The van der Waals surface area contributed by atoms with E-state index in [-0.39, 0.29) is 23.2 Å². The maximum Gasteiger partial charge on any atom is 0.251 e. The van der Waals surface area contributed by atoms with Gasteiger partial charge >= 0.3 is 0 Å². The molecule has 1 heterocycles. The molecule has 6 heteroatoms. The molecule has 0 aromatic heterocycles. The first kappa shape index (κ1) is 14.0. The van der Waals surface area contributed by atoms with Crippen LogP contribution in [0.4, 0.5) is 4.39 Å². The highest BCUT2D eigenvalue weighted by Gasteiger charge is 2.39. The van der Waals surface area contributed by atoms with E-state index < -0.39 is 15.4 Å². The van der Waals surface area contributed by atoms with Gasteiger partial charge in [-0.2, -0.15) is 0 Å². The van der Waals surface area contributed by atoms with Gasteiger partial charge in [-0.25, -0.2) is 12.8 Å². The zero-order chi connectivity index (χ0) is 14.3. The number of halogens is 1. The summed E-state index contributed by atoms with van der Waals surface area (Å²) in [6, 6.07) is 4.08. The van der Waals surface area contributed by atoms with Gasteiger partial charge in [-0.1, -0.05) is 0 Å². The molecule has 0 bridgehead atoms. The smallest absolute Gasteiger partial charge is 0.251 e. The molecule has 0 spiro atoms. The normalized spacial score (nSPS) is 25.2. The molecule has 1 fully saturated rings. The van der Waals surface area contributed by atoms with Crippen molar-refractivity contribution in [3.05, 3.63) is 35.1 Å². The molecule has 1 N–H and O–H groups in total. The fourth-order valence-electron chi connectivity index (χ4n) is 2.24. The van der Waals surface area contributed by atoms with Crippen molar-refractivity contribution >= 4 is 15.7 Å². The van der Waals surface area contributed by atoms with Crippen LogP contribution in [0.3, 0.4) is 0 Å². The predicted octanol–water partition coefficient (Wildman–Crippen LogP) is 1.44. The van der Waals surface area contributed by atoms with Crippen molar-refractivity contribution in [3.8, 4) is 0 Å². The molecule has 0 aliphatic carbocycles. The molecule has 0 saturated carbocycles. The van der Waals surface area contributed by atoms with Crippen LogP contribution >= 0.6 is 0 Å². The second kappa shape index (κ2) is 4.59. The lowest BCUT2D eigenvalue weighted by molar-refractivity contribution is 0.0915. The molecule has 4 nitrogen and oxygen atoms in total. The number of carbonyl (C=O) groups excluding carboxylic acids is 1. The summed E-state index contributed by atoms with van der Waals surface area (Å²) in [4.78, 5) is 12.1. The van der Waals surface area contributed by atoms with E-state index in [1.807, 2.05) is 0 Å². The Bertz CT molecular complexity index is 627. The van der Waals surface area contributed by atoms with Gasteiger partial charge in [-0.05, 0) is 44.0 Å². The number of amides is 1. The topological polar surface area (TPSA) is 63.2 Å². The van der Waals surface area contributed by atoms with Crippen molar-refractivity contribution in [2.45, 2.75) is 25.8 Å². The molecule has 1 aliphatic rings. The van der Waals surface area contributed by atoms with Crippen molar-refractivity contribution in [2.75, 3.05) is 11.5 Å². The van der Waals surface area contributed by atoms with E-state index in [1.54, 1.807) is 13.8 Å². The standard InChI is InChI=1S/C13H16FNO3S/c1-9-7-10(3-4-11(9)14)12(16)15-13(2)5-6-19(17,18)8-13/h3-4,7H,5-6,8H2,1-2H3,(H,15,16). The van der Waals surface area contributed by atoms with E-state index in [1.165, 1.54) is 18.2 Å². The Morgan fingerprint density at radius 3 is 2.63 bits per heavy atom. The summed E-state index contributed by atoms with van der Waals surface area (Å²) in [7, 11) is -3.07. The van der Waals surface area contributed by atoms with E-state index in [0.29, 0.717) is 17.5 Å². The Hall–Kier alpha value is -1.43. The average molecular weight is 285 g/mol. The van der Waals surface area contributed by atoms with Gasteiger partial charge < -0.3 is 5.32 Å². The van der Waals surface area contributed by atoms with Gasteiger partial charge in [-0.3, -0.25) is 4.79 Å². The molecule has 1 atom stereocenters. The van der Waals surface area contributed by atoms with Crippen molar-refractivity contribution in [1.82, 2.24) is 5.32 Å². The third-order valence-corrected chi connectivity index (χ3v) is 5.24. The van der Waals surface area contributed by atoms with Crippen LogP contribution in [-0.2, 0) is 9.84 Å². The number of sulfone groups is 1. The zero-order valence-electron chi connectivity index (χ0n) is 10.9. The summed E-state index contributed by atoms with van der Waals surface area (Å²) in [6.07, 6.45) is 0.404. The Kier molecular flexibility index (Phi) is 3.38. The lowest BCUT2D eigenvalue weighted by Crippen LogP contribution is -2.46. The van der Waals surface area contributed by atoms with E-state index in [4.69, 9.17) is 0 Å². The van der Waals surface area contributed by atoms with Crippen LogP contribution in [-0.4, -0.2) is 31.4 Å². The van der Waals surface area contributed by atoms with Crippen LogP contribution in [0.25, 0.3) is 0 Å². The molecular formula is C13H16FNO3S. The highest BCUT2D eigenvalue weighted by molar-refractivity contribution is 7.91. The maximum absolute atomic E-state index is 13.1. The highest BCUT2D eigenvalue weighted by atomic mass is 32.2. The summed E-state index contributed by atoms with van der Waals surface area (Å²) in [5.74, 6) is -0.702. The van der Waals surface area contributed by atoms with Crippen LogP contribution < -0.4 is 5.32 Å². The van der Waals surface area contributed by atoms with Gasteiger partial charge in [0, 0.05) is 5.56 Å². The highest BCUT2D eigenvalue weighted by Crippen LogP contribution is 2.23. The fraction of sp³-hybridized carbons (Fsp3) is 0.462. The lowest BCUT2D eigenvalue weighted by atomic mass is 10.0. The zero-order valence-corrected chi connectivity index (χ0v) is 11.7. The van der Waals surface area contributed by atoms with Crippen molar-refractivity contribution < 1.29 is 17.6 Å². The first-order valence-electron chi connectivity index (χ1n) is 6.00. The molecule has 104 valence electrons. The Balaban J connectivity index is 2.15. The minimum atomic E-state index is -3.07. The van der Waals surface area contributed by atoms with Crippen LogP contribution in [0.5, 0.6) is 0 Å². The molecule has 1 saturated heterocycles. The van der Waals surface area contributed by atoms with Crippen LogP contribution in [0.2, 0.25) is 0 Å². The molecule has 0 radical (unpaired) electrons. The summed E-state index contributed by atoms with van der Waals surface area (Å²) < 4.78 is 36.1. The molecular weight excluding hydrogens is 269 g/mol. The SMILES string of the molecule is Cc1cc(C(=O)NC2(C)CCS(=O)(=O)C2)ccc1F. The summed E-state index contributed by atoms with van der Waals surface area (Å²) in [5.41, 5.74) is -0.0145. The van der Waals surface area contributed by atoms with Crippen molar-refractivity contribution in [2.24, 2.45) is 0 Å². The Morgan fingerprint density at radius 1 is 1.42 bits per heavy atom. The Morgan fingerprint density at radius 2 is 2.11 bits per heavy atom. The molecule has 1 aliphatic heterocycles. The van der Waals surface area contributed by atoms with Gasteiger partial charge in [0.1, 0.15) is 5.82 Å². The number of aryl methyl sites for hydroxylation is 1. The number of hydrogen-bond donors (Lipinski definition) is 1. The molecule has 1 aromatic rings. The van der Waals surface area contributed by atoms with Gasteiger partial charge in [0.25, 0.3) is 5.91 Å². The van der Waals surface area contributed by atoms with E-state index in [2.05, 4.69) is 5.32 Å². The van der Waals surface area contributed by atoms with Crippen LogP contribution in [0, 0.1) is 12.7 Å².